The third-order valence-electron chi connectivity index (χ3n) is 3.11. The van der Waals surface area contributed by atoms with Gasteiger partial charge in [-0.15, -0.1) is 0 Å². The van der Waals surface area contributed by atoms with E-state index < -0.39 is 11.1 Å². The Bertz CT molecular complexity index is 331. The highest BCUT2D eigenvalue weighted by molar-refractivity contribution is 5.92. The number of nitrogens with two attached hydrogens (primary N) is 1. The summed E-state index contributed by atoms with van der Waals surface area (Å²) in [5.74, 6) is -0.0733. The molecule has 0 radical (unpaired) electrons. The molecule has 1 rings (SSSR count). The second-order valence-electron chi connectivity index (χ2n) is 6.00. The molecule has 0 aliphatic carbocycles. The molecule has 5 nitrogen and oxygen atoms in total. The summed E-state index contributed by atoms with van der Waals surface area (Å²) in [6.07, 6.45) is 0.257. The molecule has 0 aromatic rings. The number of carbonyl (C=O) groups excluding carboxylic acids is 2. The normalized spacial score (nSPS) is 20.7. The van der Waals surface area contributed by atoms with Gasteiger partial charge in [0.2, 0.25) is 11.8 Å². The summed E-state index contributed by atoms with van der Waals surface area (Å²) < 4.78 is 0. The minimum absolute atomic E-state index is 0.0214. The van der Waals surface area contributed by atoms with Crippen LogP contribution in [-0.2, 0) is 9.59 Å². The first kappa shape index (κ1) is 14.0. The second kappa shape index (κ2) is 4.29. The van der Waals surface area contributed by atoms with Crippen LogP contribution in [0.15, 0.2) is 0 Å². The van der Waals surface area contributed by atoms with E-state index >= 15 is 0 Å². The maximum Gasteiger partial charge on any atom is 0.247 e. The van der Waals surface area contributed by atoms with Crippen molar-refractivity contribution in [1.82, 2.24) is 9.80 Å². The minimum Gasteiger partial charge on any atom is -0.342 e. The summed E-state index contributed by atoms with van der Waals surface area (Å²) in [4.78, 5) is 27.5. The third-order valence-corrected chi connectivity index (χ3v) is 3.11. The fraction of sp³-hybridized carbons (Fsp3) is 0.833. The molecule has 1 fully saturated rings. The van der Waals surface area contributed by atoms with Crippen LogP contribution in [0.3, 0.4) is 0 Å². The van der Waals surface area contributed by atoms with Gasteiger partial charge < -0.3 is 15.5 Å². The average Bonchev–Trinajstić information content (AvgIpc) is 2.11. The summed E-state index contributed by atoms with van der Waals surface area (Å²) in [5, 5.41) is 0. The molecule has 0 bridgehead atoms. The van der Waals surface area contributed by atoms with Crippen molar-refractivity contribution in [2.45, 2.75) is 45.2 Å². The molecule has 98 valence electrons. The van der Waals surface area contributed by atoms with E-state index in [9.17, 15) is 9.59 Å². The van der Waals surface area contributed by atoms with Gasteiger partial charge in [0.1, 0.15) is 5.54 Å². The minimum atomic E-state index is -0.769. The van der Waals surface area contributed by atoms with Crippen LogP contribution in [0.1, 0.15) is 34.1 Å². The van der Waals surface area contributed by atoms with Gasteiger partial charge in [0.15, 0.2) is 0 Å². The van der Waals surface area contributed by atoms with E-state index in [1.807, 2.05) is 13.8 Å². The number of carbonyl (C=O) groups is 2. The molecule has 0 aromatic heterocycles. The van der Waals surface area contributed by atoms with Gasteiger partial charge in [0.05, 0.1) is 0 Å². The Morgan fingerprint density at radius 1 is 1.41 bits per heavy atom. The van der Waals surface area contributed by atoms with Crippen LogP contribution in [-0.4, -0.2) is 52.8 Å². The van der Waals surface area contributed by atoms with E-state index in [-0.39, 0.29) is 18.2 Å². The Morgan fingerprint density at radius 2 is 1.94 bits per heavy atom. The zero-order chi connectivity index (χ0) is 13.4. The number of hydrogen-bond acceptors (Lipinski definition) is 3. The number of amides is 2. The van der Waals surface area contributed by atoms with Crippen LogP contribution < -0.4 is 5.73 Å². The summed E-state index contributed by atoms with van der Waals surface area (Å²) in [6, 6.07) is 0. The predicted octanol–water partition coefficient (Wildman–Crippen LogP) is 0.193. The van der Waals surface area contributed by atoms with E-state index in [2.05, 4.69) is 0 Å². The van der Waals surface area contributed by atoms with Crippen molar-refractivity contribution in [3.63, 3.8) is 0 Å². The highest BCUT2D eigenvalue weighted by Gasteiger charge is 2.43. The second-order valence-corrected chi connectivity index (χ2v) is 6.00. The van der Waals surface area contributed by atoms with Gasteiger partial charge in [-0.3, -0.25) is 9.59 Å². The lowest BCUT2D eigenvalue weighted by Gasteiger charge is -2.45. The highest BCUT2D eigenvalue weighted by Crippen LogP contribution is 2.23. The van der Waals surface area contributed by atoms with Crippen LogP contribution >= 0.6 is 0 Å². The van der Waals surface area contributed by atoms with Crippen LogP contribution in [0.5, 0.6) is 0 Å². The molecule has 1 heterocycles. The molecule has 0 saturated carbocycles. The van der Waals surface area contributed by atoms with E-state index in [0.29, 0.717) is 13.1 Å². The first-order valence-electron chi connectivity index (χ1n) is 5.90. The topological polar surface area (TPSA) is 66.6 Å². The molecule has 17 heavy (non-hydrogen) atoms. The third kappa shape index (κ3) is 2.97. The van der Waals surface area contributed by atoms with Gasteiger partial charge in [-0.25, -0.2) is 0 Å². The Hall–Kier alpha value is -1.10. The first-order valence-corrected chi connectivity index (χ1v) is 5.90. The highest BCUT2D eigenvalue weighted by atomic mass is 16.2. The molecule has 0 unspecified atom stereocenters. The number of piperazine rings is 1. The van der Waals surface area contributed by atoms with Crippen LogP contribution in [0.4, 0.5) is 0 Å². The smallest absolute Gasteiger partial charge is 0.247 e. The fourth-order valence-electron chi connectivity index (χ4n) is 2.14. The zero-order valence-corrected chi connectivity index (χ0v) is 11.4. The van der Waals surface area contributed by atoms with Gasteiger partial charge in [0, 0.05) is 32.1 Å². The maximum atomic E-state index is 12.2. The van der Waals surface area contributed by atoms with Crippen molar-refractivity contribution >= 4 is 11.8 Å². The van der Waals surface area contributed by atoms with E-state index in [0.717, 1.165) is 0 Å². The lowest BCUT2D eigenvalue weighted by atomic mass is 9.94. The van der Waals surface area contributed by atoms with Crippen LogP contribution in [0.2, 0.25) is 0 Å². The average molecular weight is 241 g/mol. The molecular formula is C12H23N3O2. The van der Waals surface area contributed by atoms with E-state index in [4.69, 9.17) is 5.73 Å². The first-order chi connectivity index (χ1) is 7.55. The molecule has 0 atom stereocenters. The Morgan fingerprint density at radius 3 is 2.41 bits per heavy atom. The SMILES string of the molecule is CN1CCN(C(=O)CC(C)(C)N)C(C)(C)C1=O. The molecule has 1 aliphatic rings. The Balaban J connectivity index is 2.84. The molecule has 2 amide bonds. The van der Waals surface area contributed by atoms with Gasteiger partial charge >= 0.3 is 0 Å². The molecule has 5 heteroatoms. The molecule has 0 spiro atoms. The quantitative estimate of drug-likeness (QED) is 0.750. The Labute approximate surface area is 103 Å². The summed E-state index contributed by atoms with van der Waals surface area (Å²) in [7, 11) is 1.76. The monoisotopic (exact) mass is 241 g/mol. The van der Waals surface area contributed by atoms with Crippen LogP contribution in [0, 0.1) is 0 Å². The van der Waals surface area contributed by atoms with Crippen molar-refractivity contribution < 1.29 is 9.59 Å². The Kier molecular flexibility index (Phi) is 3.52. The van der Waals surface area contributed by atoms with Crippen molar-refractivity contribution in [3.8, 4) is 0 Å². The van der Waals surface area contributed by atoms with Crippen molar-refractivity contribution in [3.05, 3.63) is 0 Å². The number of hydrogen-bond donors (Lipinski definition) is 1. The van der Waals surface area contributed by atoms with Gasteiger partial charge in [-0.1, -0.05) is 0 Å². The zero-order valence-electron chi connectivity index (χ0n) is 11.4. The lowest BCUT2D eigenvalue weighted by molar-refractivity contribution is -0.157. The lowest BCUT2D eigenvalue weighted by Crippen LogP contribution is -2.64. The molecular weight excluding hydrogens is 218 g/mol. The van der Waals surface area contributed by atoms with E-state index in [1.54, 1.807) is 30.7 Å². The van der Waals surface area contributed by atoms with Gasteiger partial charge in [-0.2, -0.15) is 0 Å². The van der Waals surface area contributed by atoms with Crippen molar-refractivity contribution in [1.29, 1.82) is 0 Å². The summed E-state index contributed by atoms with van der Waals surface area (Å²) in [6.45, 7) is 8.35. The largest absolute Gasteiger partial charge is 0.342 e. The number of likely N-dealkylation sites (N-methyl/N-ethyl adjacent to an activating group) is 1. The standard InChI is InChI=1S/C12H23N3O2/c1-11(2,13)8-9(16)15-7-6-14(5)10(17)12(15,3)4/h6-8,13H2,1-5H3. The predicted molar refractivity (Wildman–Crippen MR) is 66.3 cm³/mol. The van der Waals surface area contributed by atoms with Gasteiger partial charge in [0.25, 0.3) is 0 Å². The van der Waals surface area contributed by atoms with Crippen molar-refractivity contribution in [2.24, 2.45) is 5.73 Å². The molecule has 0 aromatic carbocycles. The summed E-state index contributed by atoms with van der Waals surface area (Å²) in [5.41, 5.74) is 4.54. The maximum absolute atomic E-state index is 12.2. The van der Waals surface area contributed by atoms with Crippen LogP contribution in [0.25, 0.3) is 0 Å². The molecule has 1 aliphatic heterocycles. The summed E-state index contributed by atoms with van der Waals surface area (Å²) >= 11 is 0. The molecule has 1 saturated heterocycles. The number of nitrogens with zero attached hydrogens (tertiary/aromatic N) is 2. The molecule has 2 N–H and O–H groups in total. The van der Waals surface area contributed by atoms with Gasteiger partial charge in [-0.05, 0) is 27.7 Å². The number of rotatable bonds is 2. The fourth-order valence-corrected chi connectivity index (χ4v) is 2.14. The van der Waals surface area contributed by atoms with E-state index in [1.165, 1.54) is 0 Å². The van der Waals surface area contributed by atoms with Crippen molar-refractivity contribution in [2.75, 3.05) is 20.1 Å².